The van der Waals surface area contributed by atoms with E-state index in [1.807, 2.05) is 13.8 Å². The number of ketones is 1. The molecule has 1 aromatic carbocycles. The number of allylic oxidation sites excluding steroid dienone is 3. The molecule has 5 rings (SSSR count). The number of aromatic nitrogens is 2. The first-order valence-electron chi connectivity index (χ1n) is 11.9. The van der Waals surface area contributed by atoms with Crippen LogP contribution in [0.1, 0.15) is 38.4 Å². The topological polar surface area (TPSA) is 138 Å². The largest absolute Gasteiger partial charge is 0.468 e. The van der Waals surface area contributed by atoms with E-state index in [0.717, 1.165) is 29.2 Å². The minimum atomic E-state index is -0.911. The molecule has 206 valence electrons. The number of nitrogens with two attached hydrogens (primary N) is 1. The predicted octanol–water partition coefficient (Wildman–Crippen LogP) is 5.84. The van der Waals surface area contributed by atoms with E-state index in [4.69, 9.17) is 10.2 Å². The number of furan rings is 1. The lowest BCUT2D eigenvalue weighted by atomic mass is 9.69. The number of Topliss-reactive ketones (excluding diaryl/α,β-unsaturated/α-hetero) is 1. The summed E-state index contributed by atoms with van der Waals surface area (Å²) in [4.78, 5) is 27.5. The molecule has 0 saturated carbocycles. The molecule has 2 aliphatic rings. The van der Waals surface area contributed by atoms with Crippen LogP contribution in [-0.2, 0) is 9.59 Å². The van der Waals surface area contributed by atoms with E-state index in [9.17, 15) is 23.6 Å². The highest BCUT2D eigenvalue weighted by Gasteiger charge is 2.46. The second-order valence-corrected chi connectivity index (χ2v) is 13.0. The van der Waals surface area contributed by atoms with Crippen LogP contribution in [0, 0.1) is 28.4 Å². The molecule has 0 bridgehead atoms. The number of anilines is 2. The fraction of sp³-hybridized carbons (Fsp3) is 0.269. The molecule has 2 aromatic heterocycles. The summed E-state index contributed by atoms with van der Waals surface area (Å²) >= 11 is 5.23. The number of rotatable bonds is 6. The Kier molecular flexibility index (Phi) is 7.56. The van der Waals surface area contributed by atoms with Crippen LogP contribution >= 0.6 is 39.0 Å². The van der Waals surface area contributed by atoms with E-state index < -0.39 is 23.5 Å². The van der Waals surface area contributed by atoms with Gasteiger partial charge in [-0.05, 0) is 46.0 Å². The van der Waals surface area contributed by atoms with Gasteiger partial charge < -0.3 is 15.5 Å². The Morgan fingerprint density at radius 2 is 2.15 bits per heavy atom. The van der Waals surface area contributed by atoms with Gasteiger partial charge in [0, 0.05) is 28.2 Å². The monoisotopic (exact) mass is 646 g/mol. The van der Waals surface area contributed by atoms with Crippen LogP contribution in [-0.4, -0.2) is 27.6 Å². The SMILES string of the molecule is CC1(C)CC(=O)C2=C(C1)N(c1nnc(SCC(=O)Nc3c(F)cc(F)cc3Br)s1)C(N)=C(C#N)C2c1ccco1. The van der Waals surface area contributed by atoms with Gasteiger partial charge in [0.15, 0.2) is 15.9 Å². The Balaban J connectivity index is 1.43. The van der Waals surface area contributed by atoms with Gasteiger partial charge in [0.1, 0.15) is 17.4 Å². The molecule has 0 fully saturated rings. The molecule has 1 atom stereocenters. The van der Waals surface area contributed by atoms with E-state index >= 15 is 0 Å². The number of amides is 1. The van der Waals surface area contributed by atoms with Crippen LogP contribution in [0.25, 0.3) is 0 Å². The number of thioether (sulfide) groups is 1. The molecule has 0 saturated heterocycles. The highest BCUT2D eigenvalue weighted by molar-refractivity contribution is 9.10. The summed E-state index contributed by atoms with van der Waals surface area (Å²) in [7, 11) is 0. The minimum absolute atomic E-state index is 0.0732. The van der Waals surface area contributed by atoms with Gasteiger partial charge in [-0.15, -0.1) is 10.2 Å². The molecule has 1 amide bonds. The Bertz CT molecular complexity index is 1600. The fourth-order valence-electron chi connectivity index (χ4n) is 4.78. The van der Waals surface area contributed by atoms with Gasteiger partial charge in [0.25, 0.3) is 0 Å². The summed E-state index contributed by atoms with van der Waals surface area (Å²) in [6.45, 7) is 3.97. The zero-order chi connectivity index (χ0) is 28.8. The van der Waals surface area contributed by atoms with Crippen molar-refractivity contribution in [1.29, 1.82) is 5.26 Å². The molecule has 3 N–H and O–H groups in total. The van der Waals surface area contributed by atoms with Crippen molar-refractivity contribution in [2.45, 2.75) is 36.9 Å². The smallest absolute Gasteiger partial charge is 0.234 e. The summed E-state index contributed by atoms with van der Waals surface area (Å²) < 4.78 is 33.5. The van der Waals surface area contributed by atoms with Crippen molar-refractivity contribution in [2.24, 2.45) is 11.1 Å². The maximum Gasteiger partial charge on any atom is 0.234 e. The molecule has 14 heteroatoms. The second kappa shape index (κ2) is 10.8. The third-order valence-corrected chi connectivity index (χ3v) is 9.06. The number of halogens is 3. The minimum Gasteiger partial charge on any atom is -0.468 e. The molecule has 3 aromatic rings. The summed E-state index contributed by atoms with van der Waals surface area (Å²) in [5.74, 6) is -2.63. The van der Waals surface area contributed by atoms with Gasteiger partial charge in [-0.25, -0.2) is 8.78 Å². The molecular formula is C26H21BrF2N6O3S2. The maximum absolute atomic E-state index is 14.1. The van der Waals surface area contributed by atoms with Gasteiger partial charge in [-0.2, -0.15) is 5.26 Å². The van der Waals surface area contributed by atoms with Crippen molar-refractivity contribution < 1.29 is 22.8 Å². The molecule has 9 nitrogen and oxygen atoms in total. The third-order valence-electron chi connectivity index (χ3n) is 6.39. The molecule has 1 unspecified atom stereocenters. The van der Waals surface area contributed by atoms with Crippen LogP contribution in [0.3, 0.4) is 0 Å². The van der Waals surface area contributed by atoms with E-state index in [-0.39, 0.29) is 38.5 Å². The number of carbonyl (C=O) groups is 2. The predicted molar refractivity (Wildman–Crippen MR) is 149 cm³/mol. The number of carbonyl (C=O) groups excluding carboxylic acids is 2. The standard InChI is InChI=1S/C26H21BrF2N6O3S2/c1-26(2)8-16-21(17(36)9-26)20(18-4-3-5-38-18)13(10-30)23(31)35(16)24-33-34-25(40-24)39-11-19(37)32-22-14(27)6-12(28)7-15(22)29/h3-7,20H,8-9,11,31H2,1-2H3,(H,32,37). The van der Waals surface area contributed by atoms with Gasteiger partial charge in [-0.1, -0.05) is 36.9 Å². The Hall–Kier alpha value is -3.54. The van der Waals surface area contributed by atoms with Gasteiger partial charge in [-0.3, -0.25) is 14.5 Å². The molecule has 3 heterocycles. The van der Waals surface area contributed by atoms with Crippen molar-refractivity contribution in [1.82, 2.24) is 10.2 Å². The number of hydrogen-bond donors (Lipinski definition) is 2. The summed E-state index contributed by atoms with van der Waals surface area (Å²) in [6.07, 6.45) is 2.28. The number of hydrogen-bond acceptors (Lipinski definition) is 10. The quantitative estimate of drug-likeness (QED) is 0.316. The van der Waals surface area contributed by atoms with Crippen LogP contribution < -0.4 is 16.0 Å². The van der Waals surface area contributed by atoms with Crippen molar-refractivity contribution in [2.75, 3.05) is 16.0 Å². The normalized spacial score (nSPS) is 18.6. The van der Waals surface area contributed by atoms with Crippen molar-refractivity contribution in [3.05, 3.63) is 75.1 Å². The average molecular weight is 648 g/mol. The molecule has 0 spiro atoms. The zero-order valence-electron chi connectivity index (χ0n) is 21.1. The zero-order valence-corrected chi connectivity index (χ0v) is 24.3. The van der Waals surface area contributed by atoms with Crippen molar-refractivity contribution in [3.8, 4) is 6.07 Å². The average Bonchev–Trinajstić information content (AvgIpc) is 3.56. The summed E-state index contributed by atoms with van der Waals surface area (Å²) in [5.41, 5.74) is 7.25. The number of nitriles is 1. The molecule has 0 radical (unpaired) electrons. The Morgan fingerprint density at radius 1 is 1.38 bits per heavy atom. The number of benzene rings is 1. The molecule has 40 heavy (non-hydrogen) atoms. The van der Waals surface area contributed by atoms with Crippen LogP contribution in [0.5, 0.6) is 0 Å². The lowest BCUT2D eigenvalue weighted by Crippen LogP contribution is -2.42. The van der Waals surface area contributed by atoms with Gasteiger partial charge in [0.2, 0.25) is 11.0 Å². The number of nitrogens with one attached hydrogen (secondary N) is 1. The molecule has 1 aliphatic heterocycles. The lowest BCUT2D eigenvalue weighted by molar-refractivity contribution is -0.118. The van der Waals surface area contributed by atoms with Crippen LogP contribution in [0.4, 0.5) is 19.6 Å². The first-order chi connectivity index (χ1) is 19.0. The summed E-state index contributed by atoms with van der Waals surface area (Å²) in [6, 6.07) is 7.28. The second-order valence-electron chi connectivity index (χ2n) is 9.93. The number of nitrogens with zero attached hydrogens (tertiary/aromatic N) is 4. The van der Waals surface area contributed by atoms with E-state index in [1.54, 1.807) is 17.0 Å². The van der Waals surface area contributed by atoms with E-state index in [1.165, 1.54) is 6.26 Å². The third kappa shape index (κ3) is 5.28. The first-order valence-corrected chi connectivity index (χ1v) is 14.5. The molecular weight excluding hydrogens is 626 g/mol. The maximum atomic E-state index is 14.1. The van der Waals surface area contributed by atoms with Crippen LogP contribution in [0.2, 0.25) is 0 Å². The Labute approximate surface area is 244 Å². The van der Waals surface area contributed by atoms with Gasteiger partial charge >= 0.3 is 0 Å². The van der Waals surface area contributed by atoms with E-state index in [2.05, 4.69) is 37.5 Å². The van der Waals surface area contributed by atoms with Crippen molar-refractivity contribution in [3.63, 3.8) is 0 Å². The molecule has 1 aliphatic carbocycles. The summed E-state index contributed by atoms with van der Waals surface area (Å²) in [5, 5.41) is 21.2. The Morgan fingerprint density at radius 3 is 2.83 bits per heavy atom. The lowest BCUT2D eigenvalue weighted by Gasteiger charge is -2.42. The highest BCUT2D eigenvalue weighted by Crippen LogP contribution is 2.50. The van der Waals surface area contributed by atoms with Crippen LogP contribution in [0.15, 0.2) is 66.4 Å². The first kappa shape index (κ1) is 28.0. The van der Waals surface area contributed by atoms with E-state index in [0.29, 0.717) is 45.4 Å². The van der Waals surface area contributed by atoms with Crippen molar-refractivity contribution >= 4 is 61.5 Å². The fourth-order valence-corrected chi connectivity index (χ4v) is 6.97. The van der Waals surface area contributed by atoms with Gasteiger partial charge in [0.05, 0.1) is 35.3 Å². The highest BCUT2D eigenvalue weighted by atomic mass is 79.9.